The highest BCUT2D eigenvalue weighted by atomic mass is 32.2. The van der Waals surface area contributed by atoms with Gasteiger partial charge in [-0.15, -0.1) is 5.11 Å². The van der Waals surface area contributed by atoms with E-state index in [2.05, 4.69) is 9.63 Å². The Bertz CT molecular complexity index is 486. The van der Waals surface area contributed by atoms with Gasteiger partial charge in [-0.25, -0.2) is 4.39 Å². The van der Waals surface area contributed by atoms with Gasteiger partial charge in [-0.1, -0.05) is 0 Å². The van der Waals surface area contributed by atoms with Crippen LogP contribution >= 0.6 is 0 Å². The van der Waals surface area contributed by atoms with E-state index >= 15 is 0 Å². The molecule has 1 aromatic rings. The monoisotopic (exact) mass is 270 g/mol. The summed E-state index contributed by atoms with van der Waals surface area (Å²) in [7, 11) is 0. The molecule has 98 valence electrons. The fourth-order valence-electron chi connectivity index (χ4n) is 1.46. The number of fused-ring (bicyclic) bond motifs is 1. The molecule has 0 spiro atoms. The predicted molar refractivity (Wildman–Crippen MR) is 68.0 cm³/mol. The van der Waals surface area contributed by atoms with Crippen LogP contribution in [0, 0.1) is 5.82 Å². The van der Waals surface area contributed by atoms with Crippen LogP contribution in [0.1, 0.15) is 26.3 Å². The Morgan fingerprint density at radius 1 is 1.39 bits per heavy atom. The van der Waals surface area contributed by atoms with E-state index < -0.39 is 21.9 Å². The van der Waals surface area contributed by atoms with E-state index in [1.165, 1.54) is 12.1 Å². The molecule has 0 aliphatic carbocycles. The van der Waals surface area contributed by atoms with Gasteiger partial charge in [0.25, 0.3) is 0 Å². The van der Waals surface area contributed by atoms with E-state index in [0.29, 0.717) is 18.8 Å². The average molecular weight is 270 g/mol. The minimum absolute atomic E-state index is 0.0632. The highest BCUT2D eigenvalue weighted by Gasteiger charge is 2.27. The van der Waals surface area contributed by atoms with Crippen LogP contribution in [0.3, 0.4) is 0 Å². The maximum atomic E-state index is 13.7. The second-order valence-corrected chi connectivity index (χ2v) is 6.94. The van der Waals surface area contributed by atoms with Crippen molar-refractivity contribution in [2.75, 3.05) is 6.61 Å². The summed E-state index contributed by atoms with van der Waals surface area (Å²) in [6.07, 6.45) is 0.706. The number of hydrogen-bond acceptors (Lipinski definition) is 4. The van der Waals surface area contributed by atoms with Crippen molar-refractivity contribution in [2.24, 2.45) is 9.63 Å². The number of rotatable bonds is 2. The lowest BCUT2D eigenvalue weighted by Gasteiger charge is -2.16. The third kappa shape index (κ3) is 2.81. The Hall–Kier alpha value is -1.14. The third-order valence-electron chi connectivity index (χ3n) is 2.51. The molecule has 0 N–H and O–H groups in total. The molecule has 0 saturated heterocycles. The zero-order chi connectivity index (χ0) is 13.3. The highest BCUT2D eigenvalue weighted by molar-refractivity contribution is 7.91. The lowest BCUT2D eigenvalue weighted by Crippen LogP contribution is -2.25. The number of benzene rings is 1. The van der Waals surface area contributed by atoms with Gasteiger partial charge in [-0.3, -0.25) is 0 Å². The standard InChI is InChI=1S/C12H15FN2O2S/c1-12(2,3)18(16)15-14-10-7-11-8(4-5-17-11)6-9(10)13/h6-7H,4-5H2,1-3H3/b15-14+/t18-/m1/s1. The van der Waals surface area contributed by atoms with Crippen molar-refractivity contribution < 1.29 is 13.7 Å². The molecular weight excluding hydrogens is 255 g/mol. The first-order valence-corrected chi connectivity index (χ1v) is 6.77. The molecule has 0 unspecified atom stereocenters. The molecule has 1 aliphatic rings. The largest absolute Gasteiger partial charge is 0.589 e. The van der Waals surface area contributed by atoms with Crippen molar-refractivity contribution in [2.45, 2.75) is 31.9 Å². The highest BCUT2D eigenvalue weighted by Crippen LogP contribution is 2.33. The summed E-state index contributed by atoms with van der Waals surface area (Å²) in [5, 5.41) is 3.72. The van der Waals surface area contributed by atoms with Gasteiger partial charge in [0, 0.05) is 22.6 Å². The van der Waals surface area contributed by atoms with E-state index in [9.17, 15) is 8.94 Å². The van der Waals surface area contributed by atoms with E-state index in [1.54, 1.807) is 20.8 Å². The second kappa shape index (κ2) is 4.85. The van der Waals surface area contributed by atoms with Gasteiger partial charge in [0.2, 0.25) is 0 Å². The zero-order valence-electron chi connectivity index (χ0n) is 10.6. The van der Waals surface area contributed by atoms with Crippen LogP contribution in [-0.4, -0.2) is 15.9 Å². The van der Waals surface area contributed by atoms with Gasteiger partial charge in [0.15, 0.2) is 5.82 Å². The molecule has 6 heteroatoms. The summed E-state index contributed by atoms with van der Waals surface area (Å²) >= 11 is -1.49. The van der Waals surface area contributed by atoms with Crippen molar-refractivity contribution in [3.05, 3.63) is 23.5 Å². The summed E-state index contributed by atoms with van der Waals surface area (Å²) in [6.45, 7) is 5.90. The minimum Gasteiger partial charge on any atom is -0.589 e. The SMILES string of the molecule is CC(C)(C)[S@@+]([O-])/N=N/c1cc2c(cc1F)CCO2. The van der Waals surface area contributed by atoms with Gasteiger partial charge in [0.05, 0.1) is 6.61 Å². The van der Waals surface area contributed by atoms with Crippen molar-refractivity contribution >= 4 is 17.0 Å². The molecule has 1 heterocycles. The summed E-state index contributed by atoms with van der Waals surface area (Å²) in [6, 6.07) is 2.90. The lowest BCUT2D eigenvalue weighted by molar-refractivity contribution is 0.356. The normalized spacial score (nSPS) is 16.7. The Morgan fingerprint density at radius 2 is 2.11 bits per heavy atom. The van der Waals surface area contributed by atoms with Gasteiger partial charge in [0.1, 0.15) is 27.5 Å². The topological polar surface area (TPSA) is 57.0 Å². The molecule has 1 atom stereocenters. The third-order valence-corrected chi connectivity index (χ3v) is 3.78. The van der Waals surface area contributed by atoms with E-state index in [0.717, 1.165) is 5.56 Å². The first-order valence-electron chi connectivity index (χ1n) is 5.67. The molecule has 1 aliphatic heterocycles. The smallest absolute Gasteiger partial charge is 0.151 e. The van der Waals surface area contributed by atoms with Crippen LogP contribution in [0.4, 0.5) is 10.1 Å². The first kappa shape index (κ1) is 13.3. The maximum Gasteiger partial charge on any atom is 0.151 e. The summed E-state index contributed by atoms with van der Waals surface area (Å²) in [5.41, 5.74) is 0.900. The number of nitrogens with zero attached hydrogens (tertiary/aromatic N) is 2. The molecule has 4 nitrogen and oxygen atoms in total. The summed E-state index contributed by atoms with van der Waals surface area (Å²) < 4.78 is 33.8. The zero-order valence-corrected chi connectivity index (χ0v) is 11.4. The van der Waals surface area contributed by atoms with Crippen LogP contribution in [-0.2, 0) is 17.8 Å². The Labute approximate surface area is 109 Å². The molecule has 0 fully saturated rings. The minimum atomic E-state index is -1.49. The number of ether oxygens (including phenoxy) is 1. The molecule has 18 heavy (non-hydrogen) atoms. The molecule has 0 bridgehead atoms. The van der Waals surface area contributed by atoms with Crippen LogP contribution in [0.15, 0.2) is 21.8 Å². The lowest BCUT2D eigenvalue weighted by atomic mass is 10.1. The van der Waals surface area contributed by atoms with Crippen molar-refractivity contribution in [1.29, 1.82) is 0 Å². The predicted octanol–water partition coefficient (Wildman–Crippen LogP) is 3.31. The van der Waals surface area contributed by atoms with Crippen molar-refractivity contribution in [1.82, 2.24) is 0 Å². The van der Waals surface area contributed by atoms with Crippen LogP contribution in [0.5, 0.6) is 5.75 Å². The fourth-order valence-corrected chi connectivity index (χ4v) is 1.87. The quantitative estimate of drug-likeness (QED) is 0.611. The fraction of sp³-hybridized carbons (Fsp3) is 0.500. The van der Waals surface area contributed by atoms with Gasteiger partial charge in [-0.2, -0.15) is 0 Å². The van der Waals surface area contributed by atoms with Gasteiger partial charge >= 0.3 is 0 Å². The number of halogens is 1. The molecule has 1 aromatic carbocycles. The molecule has 0 saturated carbocycles. The average Bonchev–Trinajstić information content (AvgIpc) is 2.70. The summed E-state index contributed by atoms with van der Waals surface area (Å²) in [5.74, 6) is 0.167. The van der Waals surface area contributed by atoms with Gasteiger partial charge < -0.3 is 9.29 Å². The maximum absolute atomic E-state index is 13.7. The molecule has 0 radical (unpaired) electrons. The summed E-state index contributed by atoms with van der Waals surface area (Å²) in [4.78, 5) is 0. The first-order chi connectivity index (χ1) is 8.38. The Kier molecular flexibility index (Phi) is 3.59. The molecule has 2 rings (SSSR count). The van der Waals surface area contributed by atoms with Crippen LogP contribution in [0.25, 0.3) is 0 Å². The van der Waals surface area contributed by atoms with Crippen molar-refractivity contribution in [3.63, 3.8) is 0 Å². The Morgan fingerprint density at radius 3 is 2.78 bits per heavy atom. The second-order valence-electron chi connectivity index (χ2n) is 5.05. The van der Waals surface area contributed by atoms with E-state index in [-0.39, 0.29) is 5.69 Å². The van der Waals surface area contributed by atoms with Crippen LogP contribution in [0.2, 0.25) is 0 Å². The molecule has 0 amide bonds. The Balaban J connectivity index is 2.22. The molecular formula is C12H15FN2O2S. The number of hydrogen-bond donors (Lipinski definition) is 0. The molecule has 0 aromatic heterocycles. The van der Waals surface area contributed by atoms with Gasteiger partial charge in [-0.05, 0) is 26.8 Å². The van der Waals surface area contributed by atoms with E-state index in [1.807, 2.05) is 0 Å². The van der Waals surface area contributed by atoms with Crippen LogP contribution < -0.4 is 4.74 Å². The van der Waals surface area contributed by atoms with Crippen molar-refractivity contribution in [3.8, 4) is 5.75 Å². The van der Waals surface area contributed by atoms with E-state index in [4.69, 9.17) is 4.74 Å².